The van der Waals surface area contributed by atoms with Crippen molar-refractivity contribution in [2.24, 2.45) is 0 Å². The highest BCUT2D eigenvalue weighted by Gasteiger charge is 2.27. The van der Waals surface area contributed by atoms with Crippen molar-refractivity contribution in [2.45, 2.75) is 32.4 Å². The van der Waals surface area contributed by atoms with Crippen LogP contribution in [-0.2, 0) is 6.54 Å². The maximum Gasteiger partial charge on any atom is 0.0795 e. The van der Waals surface area contributed by atoms with Crippen LogP contribution >= 0.6 is 11.3 Å². The Hall–Kier alpha value is -1.43. The van der Waals surface area contributed by atoms with E-state index in [4.69, 9.17) is 0 Å². The lowest BCUT2D eigenvalue weighted by molar-refractivity contribution is 0.0993. The topological polar surface area (TPSA) is 22.6 Å². The summed E-state index contributed by atoms with van der Waals surface area (Å²) < 4.78 is 0. The molecule has 0 unspecified atom stereocenters. The van der Waals surface area contributed by atoms with E-state index in [1.807, 2.05) is 5.51 Å². The largest absolute Gasteiger partial charge is 0.369 e. The highest BCUT2D eigenvalue weighted by atomic mass is 32.1. The van der Waals surface area contributed by atoms with Gasteiger partial charge in [-0.25, -0.2) is 4.98 Å². The number of anilines is 1. The first-order chi connectivity index (χ1) is 12.3. The van der Waals surface area contributed by atoms with Gasteiger partial charge in [0.1, 0.15) is 0 Å². The standard InChI is InChI=1S/C20H28N4S/c1-17-3-2-4-20(13-17)24-11-9-23(10-12-24)19-5-7-22(8-6-19)14-18-15-25-16-21-18/h2-4,13,15-16,19H,5-12,14H2,1H3. The molecule has 2 aromatic rings. The zero-order valence-corrected chi connectivity index (χ0v) is 15.9. The Morgan fingerprint density at radius 1 is 1.08 bits per heavy atom. The first-order valence-corrected chi connectivity index (χ1v) is 10.4. The summed E-state index contributed by atoms with van der Waals surface area (Å²) in [6.45, 7) is 10.3. The van der Waals surface area contributed by atoms with Gasteiger partial charge < -0.3 is 4.90 Å². The van der Waals surface area contributed by atoms with E-state index in [0.29, 0.717) is 0 Å². The van der Waals surface area contributed by atoms with Crippen LogP contribution in [0, 0.1) is 6.92 Å². The zero-order chi connectivity index (χ0) is 17.1. The molecule has 2 aliphatic heterocycles. The number of likely N-dealkylation sites (tertiary alicyclic amines) is 1. The molecule has 4 nitrogen and oxygen atoms in total. The van der Waals surface area contributed by atoms with E-state index < -0.39 is 0 Å². The van der Waals surface area contributed by atoms with Crippen LogP contribution in [0.3, 0.4) is 0 Å². The predicted octanol–water partition coefficient (Wildman–Crippen LogP) is 3.24. The van der Waals surface area contributed by atoms with Gasteiger partial charge in [-0.2, -0.15) is 0 Å². The SMILES string of the molecule is Cc1cccc(N2CCN(C3CCN(Cc4cscn4)CC3)CC2)c1. The van der Waals surface area contributed by atoms with Crippen LogP contribution < -0.4 is 4.90 Å². The van der Waals surface area contributed by atoms with Crippen molar-refractivity contribution >= 4 is 17.0 Å². The van der Waals surface area contributed by atoms with E-state index in [1.165, 1.54) is 56.0 Å². The first kappa shape index (κ1) is 17.0. The smallest absolute Gasteiger partial charge is 0.0795 e. The number of aromatic nitrogens is 1. The number of hydrogen-bond donors (Lipinski definition) is 0. The highest BCUT2D eigenvalue weighted by Crippen LogP contribution is 2.22. The Bertz CT molecular complexity index is 656. The molecule has 0 atom stereocenters. The Morgan fingerprint density at radius 3 is 2.56 bits per heavy atom. The maximum absolute atomic E-state index is 4.42. The number of rotatable bonds is 4. The van der Waals surface area contributed by atoms with Crippen molar-refractivity contribution in [3.8, 4) is 0 Å². The number of benzene rings is 1. The van der Waals surface area contributed by atoms with Gasteiger partial charge in [0.15, 0.2) is 0 Å². The van der Waals surface area contributed by atoms with E-state index in [2.05, 4.69) is 56.3 Å². The fourth-order valence-corrected chi connectivity index (χ4v) is 4.71. The Morgan fingerprint density at radius 2 is 1.88 bits per heavy atom. The van der Waals surface area contributed by atoms with Crippen molar-refractivity contribution < 1.29 is 0 Å². The van der Waals surface area contributed by atoms with Crippen LogP contribution in [0.5, 0.6) is 0 Å². The first-order valence-electron chi connectivity index (χ1n) is 9.43. The maximum atomic E-state index is 4.42. The molecule has 0 N–H and O–H groups in total. The third-order valence-corrected chi connectivity index (χ3v) is 6.26. The summed E-state index contributed by atoms with van der Waals surface area (Å²) in [7, 11) is 0. The molecule has 1 aromatic heterocycles. The van der Waals surface area contributed by atoms with Crippen LogP contribution in [0.2, 0.25) is 0 Å². The van der Waals surface area contributed by atoms with E-state index in [1.54, 1.807) is 11.3 Å². The van der Waals surface area contributed by atoms with Gasteiger partial charge in [0.25, 0.3) is 0 Å². The van der Waals surface area contributed by atoms with Crippen molar-refractivity contribution in [1.29, 1.82) is 0 Å². The lowest BCUT2D eigenvalue weighted by Gasteiger charge is -2.43. The lowest BCUT2D eigenvalue weighted by atomic mass is 10.0. The quantitative estimate of drug-likeness (QED) is 0.839. The third kappa shape index (κ3) is 4.22. The van der Waals surface area contributed by atoms with E-state index in [-0.39, 0.29) is 0 Å². The van der Waals surface area contributed by atoms with Crippen LogP contribution in [0.25, 0.3) is 0 Å². The molecule has 2 saturated heterocycles. The summed E-state index contributed by atoms with van der Waals surface area (Å²) in [6, 6.07) is 9.69. The molecule has 4 rings (SSSR count). The van der Waals surface area contributed by atoms with Crippen molar-refractivity contribution in [2.75, 3.05) is 44.2 Å². The molecule has 3 heterocycles. The van der Waals surface area contributed by atoms with Gasteiger partial charge in [-0.05, 0) is 37.5 Å². The molecule has 0 amide bonds. The predicted molar refractivity (Wildman–Crippen MR) is 105 cm³/mol. The van der Waals surface area contributed by atoms with E-state index in [9.17, 15) is 0 Å². The van der Waals surface area contributed by atoms with Gasteiger partial charge in [-0.1, -0.05) is 12.1 Å². The minimum Gasteiger partial charge on any atom is -0.369 e. The average molecular weight is 357 g/mol. The molecular formula is C20H28N4S. The molecule has 134 valence electrons. The Kier molecular flexibility index (Phi) is 5.34. The Balaban J connectivity index is 1.25. The zero-order valence-electron chi connectivity index (χ0n) is 15.1. The molecule has 5 heteroatoms. The number of nitrogens with zero attached hydrogens (tertiary/aromatic N) is 4. The second kappa shape index (κ2) is 7.85. The van der Waals surface area contributed by atoms with Gasteiger partial charge in [0, 0.05) is 62.9 Å². The number of aryl methyl sites for hydroxylation is 1. The van der Waals surface area contributed by atoms with Crippen LogP contribution in [0.4, 0.5) is 5.69 Å². The van der Waals surface area contributed by atoms with Crippen LogP contribution in [0.1, 0.15) is 24.1 Å². The fourth-order valence-electron chi connectivity index (χ4n) is 4.16. The molecule has 0 spiro atoms. The summed E-state index contributed by atoms with van der Waals surface area (Å²) in [5, 5.41) is 2.18. The molecule has 25 heavy (non-hydrogen) atoms. The minimum atomic E-state index is 0.770. The fraction of sp³-hybridized carbons (Fsp3) is 0.550. The number of piperazine rings is 1. The van der Waals surface area contributed by atoms with E-state index >= 15 is 0 Å². The van der Waals surface area contributed by atoms with Crippen molar-refractivity contribution in [1.82, 2.24) is 14.8 Å². The van der Waals surface area contributed by atoms with Crippen LogP contribution in [-0.4, -0.2) is 60.1 Å². The summed E-state index contributed by atoms with van der Waals surface area (Å²) in [5.41, 5.74) is 5.91. The lowest BCUT2D eigenvalue weighted by Crippen LogP contribution is -2.53. The van der Waals surface area contributed by atoms with Crippen LogP contribution in [0.15, 0.2) is 35.2 Å². The van der Waals surface area contributed by atoms with Gasteiger partial charge in [0.05, 0.1) is 11.2 Å². The highest BCUT2D eigenvalue weighted by molar-refractivity contribution is 7.07. The third-order valence-electron chi connectivity index (χ3n) is 5.62. The second-order valence-corrected chi connectivity index (χ2v) is 8.07. The molecular weight excluding hydrogens is 328 g/mol. The molecule has 2 aliphatic rings. The number of hydrogen-bond acceptors (Lipinski definition) is 5. The average Bonchev–Trinajstić information content (AvgIpc) is 3.16. The molecule has 1 aromatic carbocycles. The number of piperidine rings is 1. The molecule has 0 radical (unpaired) electrons. The summed E-state index contributed by atoms with van der Waals surface area (Å²) in [5.74, 6) is 0. The molecule has 0 saturated carbocycles. The summed E-state index contributed by atoms with van der Waals surface area (Å²) >= 11 is 1.70. The number of thiazole rings is 1. The summed E-state index contributed by atoms with van der Waals surface area (Å²) in [4.78, 5) is 12.3. The Labute approximate surface area is 155 Å². The summed E-state index contributed by atoms with van der Waals surface area (Å²) in [6.07, 6.45) is 2.60. The molecule has 0 aliphatic carbocycles. The van der Waals surface area contributed by atoms with E-state index in [0.717, 1.165) is 25.7 Å². The minimum absolute atomic E-state index is 0.770. The van der Waals surface area contributed by atoms with Gasteiger partial charge in [0.2, 0.25) is 0 Å². The molecule has 0 bridgehead atoms. The normalized spacial score (nSPS) is 20.9. The van der Waals surface area contributed by atoms with Crippen molar-refractivity contribution in [3.05, 3.63) is 46.4 Å². The van der Waals surface area contributed by atoms with Gasteiger partial charge in [-0.3, -0.25) is 9.80 Å². The van der Waals surface area contributed by atoms with Gasteiger partial charge in [-0.15, -0.1) is 11.3 Å². The van der Waals surface area contributed by atoms with Crippen molar-refractivity contribution in [3.63, 3.8) is 0 Å². The molecule has 2 fully saturated rings. The monoisotopic (exact) mass is 356 g/mol. The van der Waals surface area contributed by atoms with Gasteiger partial charge >= 0.3 is 0 Å². The second-order valence-electron chi connectivity index (χ2n) is 7.35.